The van der Waals surface area contributed by atoms with Gasteiger partial charge in [0.1, 0.15) is 0 Å². The van der Waals surface area contributed by atoms with Crippen molar-refractivity contribution in [3.05, 3.63) is 95.6 Å². The third kappa shape index (κ3) is 2.78. The van der Waals surface area contributed by atoms with E-state index in [2.05, 4.69) is 49.5 Å². The van der Waals surface area contributed by atoms with E-state index in [-0.39, 0.29) is 5.41 Å². The maximum absolute atomic E-state index is 13.2. The van der Waals surface area contributed by atoms with Crippen molar-refractivity contribution in [3.63, 3.8) is 0 Å². The SMILES string of the molecule is CC1(C)c2ccccc2-c2c1cc(Nc1cccc(C(F)(F)F)c1)c1ccccc21. The first kappa shape index (κ1) is 18.7. The summed E-state index contributed by atoms with van der Waals surface area (Å²) < 4.78 is 39.5. The van der Waals surface area contributed by atoms with Gasteiger partial charge in [-0.05, 0) is 51.9 Å². The molecule has 1 nitrogen and oxygen atoms in total. The Morgan fingerprint density at radius 1 is 0.733 bits per heavy atom. The molecule has 0 fully saturated rings. The first-order valence-electron chi connectivity index (χ1n) is 9.87. The first-order chi connectivity index (χ1) is 14.3. The summed E-state index contributed by atoms with van der Waals surface area (Å²) in [5, 5.41) is 5.34. The zero-order chi connectivity index (χ0) is 21.1. The number of halogens is 3. The number of hydrogen-bond acceptors (Lipinski definition) is 1. The normalized spacial score (nSPS) is 14.4. The van der Waals surface area contributed by atoms with Crippen molar-refractivity contribution in [2.24, 2.45) is 0 Å². The number of nitrogens with one attached hydrogen (secondary N) is 1. The summed E-state index contributed by atoms with van der Waals surface area (Å²) in [5.41, 5.74) is 5.25. The van der Waals surface area contributed by atoms with Crippen molar-refractivity contribution in [2.75, 3.05) is 5.32 Å². The summed E-state index contributed by atoms with van der Waals surface area (Å²) in [7, 11) is 0. The largest absolute Gasteiger partial charge is 0.416 e. The highest BCUT2D eigenvalue weighted by molar-refractivity contribution is 6.08. The van der Waals surface area contributed by atoms with Gasteiger partial charge < -0.3 is 5.32 Å². The lowest BCUT2D eigenvalue weighted by molar-refractivity contribution is -0.137. The van der Waals surface area contributed by atoms with Gasteiger partial charge in [0.05, 0.1) is 5.56 Å². The Morgan fingerprint density at radius 2 is 1.43 bits per heavy atom. The molecule has 0 saturated carbocycles. The maximum atomic E-state index is 13.2. The van der Waals surface area contributed by atoms with E-state index in [0.29, 0.717) is 5.69 Å². The lowest BCUT2D eigenvalue weighted by Crippen LogP contribution is -2.15. The maximum Gasteiger partial charge on any atom is 0.416 e. The topological polar surface area (TPSA) is 12.0 Å². The van der Waals surface area contributed by atoms with Gasteiger partial charge in [-0.3, -0.25) is 0 Å². The Hall–Kier alpha value is -3.27. The Kier molecular flexibility index (Phi) is 3.97. The number of hydrogen-bond donors (Lipinski definition) is 1. The molecule has 0 atom stereocenters. The van der Waals surface area contributed by atoms with Gasteiger partial charge in [-0.25, -0.2) is 0 Å². The van der Waals surface area contributed by atoms with Gasteiger partial charge in [0.25, 0.3) is 0 Å². The molecule has 0 saturated heterocycles. The molecule has 0 heterocycles. The molecule has 5 rings (SSSR count). The van der Waals surface area contributed by atoms with Crippen molar-refractivity contribution in [1.29, 1.82) is 0 Å². The predicted molar refractivity (Wildman–Crippen MR) is 116 cm³/mol. The minimum Gasteiger partial charge on any atom is -0.355 e. The third-order valence-corrected chi connectivity index (χ3v) is 6.06. The van der Waals surface area contributed by atoms with E-state index < -0.39 is 11.7 Å². The van der Waals surface area contributed by atoms with Crippen LogP contribution in [0.5, 0.6) is 0 Å². The van der Waals surface area contributed by atoms with Gasteiger partial charge in [0.2, 0.25) is 0 Å². The Labute approximate surface area is 173 Å². The summed E-state index contributed by atoms with van der Waals surface area (Å²) in [6.07, 6.45) is -4.37. The Bertz CT molecular complexity index is 1290. The fourth-order valence-corrected chi connectivity index (χ4v) is 4.58. The lowest BCUT2D eigenvalue weighted by atomic mass is 9.81. The molecule has 4 aromatic carbocycles. The number of alkyl halides is 3. The van der Waals surface area contributed by atoms with E-state index in [9.17, 15) is 13.2 Å². The number of benzene rings is 4. The van der Waals surface area contributed by atoms with Gasteiger partial charge in [0.15, 0.2) is 0 Å². The van der Waals surface area contributed by atoms with Crippen molar-refractivity contribution in [2.45, 2.75) is 25.4 Å². The molecular formula is C26H20F3N. The van der Waals surface area contributed by atoms with E-state index in [1.165, 1.54) is 28.3 Å². The van der Waals surface area contributed by atoms with E-state index in [4.69, 9.17) is 0 Å². The van der Waals surface area contributed by atoms with Crippen LogP contribution in [0.25, 0.3) is 21.9 Å². The molecule has 0 unspecified atom stereocenters. The van der Waals surface area contributed by atoms with Gasteiger partial charge in [-0.1, -0.05) is 68.4 Å². The second-order valence-electron chi connectivity index (χ2n) is 8.27. The molecule has 1 N–H and O–H groups in total. The molecule has 0 amide bonds. The Balaban J connectivity index is 1.72. The van der Waals surface area contributed by atoms with Crippen LogP contribution in [0.3, 0.4) is 0 Å². The predicted octanol–water partition coefficient (Wildman–Crippen LogP) is 7.91. The van der Waals surface area contributed by atoms with Crippen LogP contribution in [0.15, 0.2) is 78.9 Å². The standard InChI is InChI=1S/C26H20F3N/c1-25(2)21-13-6-5-12-20(21)24-19-11-4-3-10-18(19)23(15-22(24)25)30-17-9-7-8-16(14-17)26(27,28)29/h3-15,30H,1-2H3. The van der Waals surface area contributed by atoms with Crippen LogP contribution in [-0.2, 0) is 11.6 Å². The number of anilines is 2. The second-order valence-corrected chi connectivity index (χ2v) is 8.27. The molecule has 0 spiro atoms. The summed E-state index contributed by atoms with van der Waals surface area (Å²) in [6, 6.07) is 23.9. The number of rotatable bonds is 2. The first-order valence-corrected chi connectivity index (χ1v) is 9.87. The van der Waals surface area contributed by atoms with E-state index in [0.717, 1.165) is 28.6 Å². The highest BCUT2D eigenvalue weighted by Crippen LogP contribution is 2.52. The second kappa shape index (κ2) is 6.36. The molecule has 1 aliphatic carbocycles. The van der Waals surface area contributed by atoms with Crippen LogP contribution in [0, 0.1) is 0 Å². The van der Waals surface area contributed by atoms with Crippen molar-refractivity contribution in [3.8, 4) is 11.1 Å². The monoisotopic (exact) mass is 403 g/mol. The summed E-state index contributed by atoms with van der Waals surface area (Å²) in [6.45, 7) is 4.39. The molecule has 150 valence electrons. The smallest absolute Gasteiger partial charge is 0.355 e. The average Bonchev–Trinajstić information content (AvgIpc) is 2.95. The quantitative estimate of drug-likeness (QED) is 0.359. The minimum absolute atomic E-state index is 0.194. The molecular weight excluding hydrogens is 383 g/mol. The van der Waals surface area contributed by atoms with Crippen molar-refractivity contribution in [1.82, 2.24) is 0 Å². The fourth-order valence-electron chi connectivity index (χ4n) is 4.58. The molecule has 4 aromatic rings. The van der Waals surface area contributed by atoms with Gasteiger partial charge in [0, 0.05) is 22.2 Å². The van der Waals surface area contributed by atoms with E-state index in [1.807, 2.05) is 24.3 Å². The Morgan fingerprint density at radius 3 is 2.20 bits per heavy atom. The van der Waals surface area contributed by atoms with Crippen LogP contribution in [-0.4, -0.2) is 0 Å². The van der Waals surface area contributed by atoms with Gasteiger partial charge >= 0.3 is 6.18 Å². The van der Waals surface area contributed by atoms with E-state index in [1.54, 1.807) is 6.07 Å². The summed E-state index contributed by atoms with van der Waals surface area (Å²) >= 11 is 0. The zero-order valence-corrected chi connectivity index (χ0v) is 16.6. The van der Waals surface area contributed by atoms with Crippen LogP contribution in [0.2, 0.25) is 0 Å². The number of fused-ring (bicyclic) bond motifs is 5. The average molecular weight is 403 g/mol. The van der Waals surface area contributed by atoms with Gasteiger partial charge in [-0.2, -0.15) is 13.2 Å². The molecule has 0 bridgehead atoms. The van der Waals surface area contributed by atoms with Crippen LogP contribution < -0.4 is 5.32 Å². The minimum atomic E-state index is -4.37. The van der Waals surface area contributed by atoms with Gasteiger partial charge in [-0.15, -0.1) is 0 Å². The highest BCUT2D eigenvalue weighted by Gasteiger charge is 2.37. The summed E-state index contributed by atoms with van der Waals surface area (Å²) in [5.74, 6) is 0. The van der Waals surface area contributed by atoms with Crippen molar-refractivity contribution < 1.29 is 13.2 Å². The third-order valence-electron chi connectivity index (χ3n) is 6.06. The lowest BCUT2D eigenvalue weighted by Gasteiger charge is -2.23. The molecule has 1 aliphatic rings. The molecule has 30 heavy (non-hydrogen) atoms. The highest BCUT2D eigenvalue weighted by atomic mass is 19.4. The zero-order valence-electron chi connectivity index (χ0n) is 16.6. The van der Waals surface area contributed by atoms with Crippen LogP contribution in [0.4, 0.5) is 24.5 Å². The van der Waals surface area contributed by atoms with Crippen molar-refractivity contribution >= 4 is 22.1 Å². The molecule has 0 radical (unpaired) electrons. The summed E-state index contributed by atoms with van der Waals surface area (Å²) in [4.78, 5) is 0. The van der Waals surface area contributed by atoms with E-state index >= 15 is 0 Å². The van der Waals surface area contributed by atoms with Crippen LogP contribution >= 0.6 is 0 Å². The fraction of sp³-hybridized carbons (Fsp3) is 0.154. The molecule has 4 heteroatoms. The molecule has 0 aromatic heterocycles. The van der Waals surface area contributed by atoms with Crippen LogP contribution in [0.1, 0.15) is 30.5 Å². The molecule has 0 aliphatic heterocycles.